The molecule has 0 aliphatic heterocycles. The Bertz CT molecular complexity index is 512. The van der Waals surface area contributed by atoms with Crippen LogP contribution in [0.25, 0.3) is 0 Å². The highest BCUT2D eigenvalue weighted by atomic mass is 32.2. The lowest BCUT2D eigenvalue weighted by atomic mass is 9.90. The maximum absolute atomic E-state index is 11.9. The van der Waals surface area contributed by atoms with E-state index in [9.17, 15) is 8.42 Å². The maximum atomic E-state index is 11.9. The quantitative estimate of drug-likeness (QED) is 0.654. The topological polar surface area (TPSA) is 92.4 Å². The summed E-state index contributed by atoms with van der Waals surface area (Å²) in [6.07, 6.45) is 0.549. The van der Waals surface area contributed by atoms with E-state index in [0.29, 0.717) is 24.2 Å². The van der Waals surface area contributed by atoms with Gasteiger partial charge in [-0.2, -0.15) is 0 Å². The Labute approximate surface area is 114 Å². The minimum Gasteiger partial charge on any atom is -0.399 e. The number of anilines is 1. The molecule has 0 amide bonds. The molecule has 108 valence electrons. The lowest BCUT2D eigenvalue weighted by molar-refractivity contribution is 0.213. The van der Waals surface area contributed by atoms with Crippen LogP contribution in [0.4, 0.5) is 5.69 Å². The Hall–Kier alpha value is -1.11. The molecule has 0 heterocycles. The monoisotopic (exact) mass is 286 g/mol. The zero-order chi connectivity index (χ0) is 14.5. The van der Waals surface area contributed by atoms with Crippen LogP contribution in [0, 0.1) is 5.41 Å². The van der Waals surface area contributed by atoms with Crippen molar-refractivity contribution in [2.45, 2.75) is 26.0 Å². The van der Waals surface area contributed by atoms with Crippen molar-refractivity contribution in [1.29, 1.82) is 0 Å². The van der Waals surface area contributed by atoms with Gasteiger partial charge in [0.2, 0.25) is 10.0 Å². The van der Waals surface area contributed by atoms with E-state index in [0.717, 1.165) is 0 Å². The van der Waals surface area contributed by atoms with Gasteiger partial charge in [0.15, 0.2) is 0 Å². The van der Waals surface area contributed by atoms with E-state index < -0.39 is 10.0 Å². The van der Waals surface area contributed by atoms with E-state index in [1.165, 1.54) is 0 Å². The molecule has 0 fully saturated rings. The standard InChI is InChI=1S/C13H22N2O3S/c1-13(2,6-7-16)10-15-19(17,18)9-11-4-3-5-12(14)8-11/h3-5,8,15-16H,6-7,9-10,14H2,1-2H3. The van der Waals surface area contributed by atoms with Crippen LogP contribution in [-0.2, 0) is 15.8 Å². The SMILES string of the molecule is CC(C)(CCO)CNS(=O)(=O)Cc1cccc(N)c1. The van der Waals surface area contributed by atoms with Crippen molar-refractivity contribution in [2.24, 2.45) is 5.41 Å². The third-order valence-electron chi connectivity index (χ3n) is 2.87. The first kappa shape index (κ1) is 15.9. The largest absolute Gasteiger partial charge is 0.399 e. The number of aliphatic hydroxyl groups is 1. The molecule has 1 rings (SSSR count). The molecule has 5 nitrogen and oxygen atoms in total. The van der Waals surface area contributed by atoms with Gasteiger partial charge < -0.3 is 10.8 Å². The summed E-state index contributed by atoms with van der Waals surface area (Å²) in [7, 11) is -3.39. The Kier molecular flexibility index (Phi) is 5.34. The fourth-order valence-electron chi connectivity index (χ4n) is 1.65. The van der Waals surface area contributed by atoms with Gasteiger partial charge in [-0.3, -0.25) is 0 Å². The lowest BCUT2D eigenvalue weighted by Crippen LogP contribution is -2.35. The van der Waals surface area contributed by atoms with Gasteiger partial charge in [0.1, 0.15) is 0 Å². The van der Waals surface area contributed by atoms with E-state index in [1.807, 2.05) is 13.8 Å². The molecule has 0 aliphatic carbocycles. The summed E-state index contributed by atoms with van der Waals surface area (Å²) in [4.78, 5) is 0. The Morgan fingerprint density at radius 1 is 1.37 bits per heavy atom. The van der Waals surface area contributed by atoms with Gasteiger partial charge in [-0.1, -0.05) is 26.0 Å². The summed E-state index contributed by atoms with van der Waals surface area (Å²) in [5, 5.41) is 8.91. The van der Waals surface area contributed by atoms with E-state index in [2.05, 4.69) is 4.72 Å². The smallest absolute Gasteiger partial charge is 0.215 e. The minimum absolute atomic E-state index is 0.0456. The second-order valence-electron chi connectivity index (χ2n) is 5.46. The average Bonchev–Trinajstić information content (AvgIpc) is 2.26. The number of rotatable bonds is 7. The van der Waals surface area contributed by atoms with E-state index in [-0.39, 0.29) is 17.8 Å². The van der Waals surface area contributed by atoms with Gasteiger partial charge in [-0.25, -0.2) is 13.1 Å². The first-order valence-corrected chi connectivity index (χ1v) is 7.82. The van der Waals surface area contributed by atoms with Crippen LogP contribution in [0.1, 0.15) is 25.8 Å². The van der Waals surface area contributed by atoms with Crippen LogP contribution in [0.5, 0.6) is 0 Å². The molecule has 6 heteroatoms. The highest BCUT2D eigenvalue weighted by Gasteiger charge is 2.21. The maximum Gasteiger partial charge on any atom is 0.215 e. The third-order valence-corrected chi connectivity index (χ3v) is 4.16. The molecule has 0 radical (unpaired) electrons. The Morgan fingerprint density at radius 2 is 2.05 bits per heavy atom. The van der Waals surface area contributed by atoms with E-state index >= 15 is 0 Å². The van der Waals surface area contributed by atoms with Crippen molar-refractivity contribution >= 4 is 15.7 Å². The molecule has 0 spiro atoms. The third kappa shape index (κ3) is 6.04. The fraction of sp³-hybridized carbons (Fsp3) is 0.538. The highest BCUT2D eigenvalue weighted by molar-refractivity contribution is 7.88. The van der Waals surface area contributed by atoms with Crippen LogP contribution in [0.15, 0.2) is 24.3 Å². The molecule has 0 unspecified atom stereocenters. The van der Waals surface area contributed by atoms with Crippen LogP contribution >= 0.6 is 0 Å². The summed E-state index contributed by atoms with van der Waals surface area (Å²) < 4.78 is 26.5. The second kappa shape index (κ2) is 6.36. The van der Waals surface area contributed by atoms with Crippen LogP contribution < -0.4 is 10.5 Å². The van der Waals surface area contributed by atoms with Gasteiger partial charge in [0, 0.05) is 18.8 Å². The predicted molar refractivity (Wildman–Crippen MR) is 77.0 cm³/mol. The molecule has 19 heavy (non-hydrogen) atoms. The number of nitrogens with two attached hydrogens (primary N) is 1. The van der Waals surface area contributed by atoms with Crippen molar-refractivity contribution in [2.75, 3.05) is 18.9 Å². The zero-order valence-corrected chi connectivity index (χ0v) is 12.2. The molecule has 0 atom stereocenters. The van der Waals surface area contributed by atoms with Gasteiger partial charge in [0.05, 0.1) is 5.75 Å². The molecule has 1 aromatic carbocycles. The molecule has 0 saturated heterocycles. The van der Waals surface area contributed by atoms with Gasteiger partial charge in [-0.05, 0) is 29.5 Å². The normalized spacial score (nSPS) is 12.6. The van der Waals surface area contributed by atoms with Gasteiger partial charge in [0.25, 0.3) is 0 Å². The number of sulfonamides is 1. The summed E-state index contributed by atoms with van der Waals surface area (Å²) >= 11 is 0. The first-order valence-electron chi connectivity index (χ1n) is 6.17. The molecular weight excluding hydrogens is 264 g/mol. The number of hydrogen-bond acceptors (Lipinski definition) is 4. The summed E-state index contributed by atoms with van der Waals surface area (Å²) in [6, 6.07) is 6.83. The van der Waals surface area contributed by atoms with Gasteiger partial charge >= 0.3 is 0 Å². The van der Waals surface area contributed by atoms with Crippen molar-refractivity contribution in [3.05, 3.63) is 29.8 Å². The zero-order valence-electron chi connectivity index (χ0n) is 11.4. The molecule has 0 aromatic heterocycles. The van der Waals surface area contributed by atoms with E-state index in [1.54, 1.807) is 24.3 Å². The molecule has 4 N–H and O–H groups in total. The average molecular weight is 286 g/mol. The molecule has 0 aliphatic rings. The summed E-state index contributed by atoms with van der Waals surface area (Å²) in [5.74, 6) is -0.0900. The molecule has 1 aromatic rings. The minimum atomic E-state index is -3.39. The van der Waals surface area contributed by atoms with Crippen LogP contribution in [-0.4, -0.2) is 26.7 Å². The second-order valence-corrected chi connectivity index (χ2v) is 7.27. The van der Waals surface area contributed by atoms with Crippen molar-refractivity contribution in [3.8, 4) is 0 Å². The molecule has 0 bridgehead atoms. The first-order chi connectivity index (χ1) is 8.74. The van der Waals surface area contributed by atoms with Crippen molar-refractivity contribution in [3.63, 3.8) is 0 Å². The van der Waals surface area contributed by atoms with Crippen molar-refractivity contribution in [1.82, 2.24) is 4.72 Å². The molecule has 0 saturated carbocycles. The fourth-order valence-corrected chi connectivity index (χ4v) is 2.98. The van der Waals surface area contributed by atoms with Crippen LogP contribution in [0.3, 0.4) is 0 Å². The highest BCUT2D eigenvalue weighted by Crippen LogP contribution is 2.19. The number of nitrogen functional groups attached to an aromatic ring is 1. The van der Waals surface area contributed by atoms with E-state index in [4.69, 9.17) is 10.8 Å². The number of aliphatic hydroxyl groups excluding tert-OH is 1. The predicted octanol–water partition coefficient (Wildman–Crippen LogP) is 1.10. The van der Waals surface area contributed by atoms with Crippen LogP contribution in [0.2, 0.25) is 0 Å². The lowest BCUT2D eigenvalue weighted by Gasteiger charge is -2.23. The number of hydrogen-bond donors (Lipinski definition) is 3. The van der Waals surface area contributed by atoms with Crippen molar-refractivity contribution < 1.29 is 13.5 Å². The summed E-state index contributed by atoms with van der Waals surface area (Å²) in [5.41, 5.74) is 6.56. The Morgan fingerprint density at radius 3 is 2.63 bits per heavy atom. The Balaban J connectivity index is 2.62. The summed E-state index contributed by atoms with van der Waals surface area (Å²) in [6.45, 7) is 4.17. The number of benzene rings is 1. The number of nitrogens with one attached hydrogen (secondary N) is 1. The molecular formula is C13H22N2O3S. The van der Waals surface area contributed by atoms with Gasteiger partial charge in [-0.15, -0.1) is 0 Å².